The van der Waals surface area contributed by atoms with Crippen LogP contribution in [0.25, 0.3) is 0 Å². The second-order valence-corrected chi connectivity index (χ2v) is 5.31. The number of nitrogens with zero attached hydrogens (tertiary/aromatic N) is 2. The molecule has 0 aromatic heterocycles. The summed E-state index contributed by atoms with van der Waals surface area (Å²) in [5.74, 6) is 2.78. The molecule has 0 fully saturated rings. The molecular weight excluding hydrogens is 320 g/mol. The van der Waals surface area contributed by atoms with E-state index in [0.717, 1.165) is 11.1 Å². The lowest BCUT2D eigenvalue weighted by Crippen LogP contribution is -2.17. The molecule has 0 aliphatic rings. The smallest absolute Gasteiger partial charge is 0.179 e. The van der Waals surface area contributed by atoms with Gasteiger partial charge < -0.3 is 23.8 Å². The van der Waals surface area contributed by atoms with Crippen molar-refractivity contribution in [2.45, 2.75) is 13.1 Å². The van der Waals surface area contributed by atoms with Crippen molar-refractivity contribution in [2.24, 2.45) is 0 Å². The van der Waals surface area contributed by atoms with E-state index in [1.165, 1.54) is 0 Å². The molecule has 0 atom stereocenters. The zero-order valence-electron chi connectivity index (χ0n) is 14.9. The Balaban J connectivity index is 2.20. The molecule has 0 bridgehead atoms. The highest BCUT2D eigenvalue weighted by Gasteiger charge is 2.13. The van der Waals surface area contributed by atoms with Crippen molar-refractivity contribution in [3.63, 3.8) is 0 Å². The molecule has 0 unspecified atom stereocenters. The maximum atomic E-state index is 9.52. The van der Waals surface area contributed by atoms with Crippen molar-refractivity contribution >= 4 is 0 Å². The summed E-state index contributed by atoms with van der Waals surface area (Å²) in [6.45, 7) is 0.831. The van der Waals surface area contributed by atoms with Crippen LogP contribution in [0.2, 0.25) is 0 Å². The van der Waals surface area contributed by atoms with Crippen LogP contribution in [-0.2, 0) is 13.1 Å². The van der Waals surface area contributed by atoms with Gasteiger partial charge in [0.25, 0.3) is 0 Å². The van der Waals surface area contributed by atoms with E-state index in [0.29, 0.717) is 36.1 Å². The van der Waals surface area contributed by atoms with E-state index < -0.39 is 0 Å². The van der Waals surface area contributed by atoms with Crippen molar-refractivity contribution in [2.75, 3.05) is 28.4 Å². The van der Waals surface area contributed by atoms with Gasteiger partial charge in [-0.3, -0.25) is 0 Å². The molecule has 2 rings (SSSR count). The van der Waals surface area contributed by atoms with Gasteiger partial charge in [-0.05, 0) is 24.3 Å². The maximum absolute atomic E-state index is 9.52. The van der Waals surface area contributed by atoms with Crippen LogP contribution in [0, 0.1) is 11.5 Å². The number of methoxy groups -OCH3 is 4. The Morgan fingerprint density at radius 2 is 1.20 bits per heavy atom. The van der Waals surface area contributed by atoms with E-state index in [4.69, 9.17) is 18.9 Å². The van der Waals surface area contributed by atoms with E-state index in [-0.39, 0.29) is 0 Å². The SMILES string of the molecule is COc1ccc(CN(C#N)Cc2ccc(OC)cc2OC)c(OC)c1. The average molecular weight is 342 g/mol. The lowest BCUT2D eigenvalue weighted by atomic mass is 10.1. The van der Waals surface area contributed by atoms with Crippen molar-refractivity contribution in [1.29, 1.82) is 5.26 Å². The van der Waals surface area contributed by atoms with Gasteiger partial charge in [0.15, 0.2) is 6.19 Å². The number of benzene rings is 2. The summed E-state index contributed by atoms with van der Waals surface area (Å²) in [6.07, 6.45) is 2.22. The van der Waals surface area contributed by atoms with Crippen LogP contribution in [-0.4, -0.2) is 33.3 Å². The molecule has 2 aromatic rings. The number of nitriles is 1. The first-order chi connectivity index (χ1) is 12.1. The van der Waals surface area contributed by atoms with Crippen LogP contribution in [0.15, 0.2) is 36.4 Å². The second kappa shape index (κ2) is 8.69. The van der Waals surface area contributed by atoms with Gasteiger partial charge in [-0.25, -0.2) is 0 Å². The van der Waals surface area contributed by atoms with E-state index in [9.17, 15) is 5.26 Å². The highest BCUT2D eigenvalue weighted by molar-refractivity contribution is 5.42. The number of hydrogen-bond donors (Lipinski definition) is 0. The van der Waals surface area contributed by atoms with Crippen LogP contribution in [0.5, 0.6) is 23.0 Å². The highest BCUT2D eigenvalue weighted by atomic mass is 16.5. The van der Waals surface area contributed by atoms with E-state index in [1.54, 1.807) is 45.5 Å². The Labute approximate surface area is 148 Å². The Kier molecular flexibility index (Phi) is 6.35. The van der Waals surface area contributed by atoms with Crippen LogP contribution in [0.1, 0.15) is 11.1 Å². The second-order valence-electron chi connectivity index (χ2n) is 5.31. The summed E-state index contributed by atoms with van der Waals surface area (Å²) >= 11 is 0. The summed E-state index contributed by atoms with van der Waals surface area (Å²) in [5, 5.41) is 9.52. The summed E-state index contributed by atoms with van der Waals surface area (Å²) in [4.78, 5) is 1.63. The van der Waals surface area contributed by atoms with Gasteiger partial charge in [-0.1, -0.05) is 0 Å². The van der Waals surface area contributed by atoms with Crippen LogP contribution in [0.4, 0.5) is 0 Å². The van der Waals surface area contributed by atoms with Crippen molar-refractivity contribution in [3.8, 4) is 29.2 Å². The maximum Gasteiger partial charge on any atom is 0.179 e. The molecule has 0 aliphatic carbocycles. The minimum atomic E-state index is 0.416. The highest BCUT2D eigenvalue weighted by Crippen LogP contribution is 2.28. The van der Waals surface area contributed by atoms with Crippen molar-refractivity contribution in [1.82, 2.24) is 4.90 Å². The van der Waals surface area contributed by atoms with Crippen molar-refractivity contribution in [3.05, 3.63) is 47.5 Å². The molecule has 0 saturated carbocycles. The normalized spacial score (nSPS) is 9.88. The zero-order chi connectivity index (χ0) is 18.2. The summed E-state index contributed by atoms with van der Waals surface area (Å²) < 4.78 is 21.2. The first-order valence-corrected chi connectivity index (χ1v) is 7.71. The summed E-state index contributed by atoms with van der Waals surface area (Å²) in [7, 11) is 6.40. The molecule has 0 spiro atoms. The van der Waals surface area contributed by atoms with Gasteiger partial charge in [0.2, 0.25) is 0 Å². The third kappa shape index (κ3) is 4.48. The fourth-order valence-corrected chi connectivity index (χ4v) is 2.50. The molecule has 0 amide bonds. The monoisotopic (exact) mass is 342 g/mol. The largest absolute Gasteiger partial charge is 0.497 e. The first-order valence-electron chi connectivity index (χ1n) is 7.71. The van der Waals surface area contributed by atoms with Crippen LogP contribution < -0.4 is 18.9 Å². The fourth-order valence-electron chi connectivity index (χ4n) is 2.50. The Bertz CT molecular complexity index is 698. The van der Waals surface area contributed by atoms with E-state index in [2.05, 4.69) is 6.19 Å². The molecule has 132 valence electrons. The fraction of sp³-hybridized carbons (Fsp3) is 0.316. The molecule has 2 aromatic carbocycles. The average Bonchev–Trinajstić information content (AvgIpc) is 2.67. The lowest BCUT2D eigenvalue weighted by Gasteiger charge is -2.19. The third-order valence-corrected chi connectivity index (χ3v) is 3.85. The van der Waals surface area contributed by atoms with Gasteiger partial charge in [-0.2, -0.15) is 5.26 Å². The number of rotatable bonds is 8. The minimum Gasteiger partial charge on any atom is -0.497 e. The van der Waals surface area contributed by atoms with Gasteiger partial charge in [0, 0.05) is 23.3 Å². The number of hydrogen-bond acceptors (Lipinski definition) is 6. The van der Waals surface area contributed by atoms with Crippen molar-refractivity contribution < 1.29 is 18.9 Å². The van der Waals surface area contributed by atoms with E-state index >= 15 is 0 Å². The topological polar surface area (TPSA) is 64.0 Å². The molecule has 0 heterocycles. The Morgan fingerprint density at radius 1 is 0.760 bits per heavy atom. The number of ether oxygens (including phenoxy) is 4. The van der Waals surface area contributed by atoms with Gasteiger partial charge in [0.05, 0.1) is 41.5 Å². The predicted molar refractivity (Wildman–Crippen MR) is 94.0 cm³/mol. The molecule has 25 heavy (non-hydrogen) atoms. The zero-order valence-corrected chi connectivity index (χ0v) is 14.9. The predicted octanol–water partition coefficient (Wildman–Crippen LogP) is 3.20. The first kappa shape index (κ1) is 18.3. The molecule has 0 saturated heterocycles. The van der Waals surface area contributed by atoms with Gasteiger partial charge >= 0.3 is 0 Å². The van der Waals surface area contributed by atoms with E-state index in [1.807, 2.05) is 24.3 Å². The quantitative estimate of drug-likeness (QED) is 0.542. The summed E-state index contributed by atoms with van der Waals surface area (Å²) in [5.41, 5.74) is 1.80. The molecular formula is C19H22N2O4. The minimum absolute atomic E-state index is 0.416. The lowest BCUT2D eigenvalue weighted by molar-refractivity contribution is 0.343. The molecule has 0 N–H and O–H groups in total. The molecule has 6 nitrogen and oxygen atoms in total. The third-order valence-electron chi connectivity index (χ3n) is 3.85. The van der Waals surface area contributed by atoms with Crippen LogP contribution >= 0.6 is 0 Å². The molecule has 0 aliphatic heterocycles. The standard InChI is InChI=1S/C19H22N2O4/c1-22-16-7-5-14(18(9-16)24-3)11-21(13-20)12-15-6-8-17(23-2)10-19(15)25-4/h5-10H,11-12H2,1-4H3. The Hall–Kier alpha value is -3.07. The van der Waals surface area contributed by atoms with Gasteiger partial charge in [-0.15, -0.1) is 0 Å². The van der Waals surface area contributed by atoms with Crippen LogP contribution in [0.3, 0.4) is 0 Å². The van der Waals surface area contributed by atoms with Gasteiger partial charge in [0.1, 0.15) is 23.0 Å². The Morgan fingerprint density at radius 3 is 1.52 bits per heavy atom. The summed E-state index contributed by atoms with van der Waals surface area (Å²) in [6, 6.07) is 11.1. The molecule has 0 radical (unpaired) electrons. The molecule has 6 heteroatoms.